The zero-order chi connectivity index (χ0) is 9.94. The maximum absolute atomic E-state index is 3.47. The average molecular weight is 186 g/mol. The van der Waals surface area contributed by atoms with Gasteiger partial charge in [0, 0.05) is 13.1 Å². The van der Waals surface area contributed by atoms with Crippen molar-refractivity contribution in [3.8, 4) is 0 Å². The van der Waals surface area contributed by atoms with Crippen LogP contribution in [0.15, 0.2) is 0 Å². The molecule has 0 aromatic carbocycles. The first-order chi connectivity index (χ1) is 6.31. The van der Waals surface area contributed by atoms with Crippen LogP contribution in [-0.4, -0.2) is 26.2 Å². The van der Waals surface area contributed by atoms with Crippen molar-refractivity contribution in [3.05, 3.63) is 0 Å². The van der Waals surface area contributed by atoms with Crippen molar-refractivity contribution >= 4 is 0 Å². The first-order valence-corrected chi connectivity index (χ1v) is 5.72. The molecule has 2 N–H and O–H groups in total. The average Bonchev–Trinajstić information content (AvgIpc) is 2.11. The monoisotopic (exact) mass is 186 g/mol. The third-order valence-electron chi connectivity index (χ3n) is 2.18. The number of hydrogen-bond donors (Lipinski definition) is 2. The maximum Gasteiger partial charge on any atom is 0.00768 e. The van der Waals surface area contributed by atoms with Gasteiger partial charge in [0.25, 0.3) is 0 Å². The minimum atomic E-state index is 0.830. The molecule has 80 valence electrons. The highest BCUT2D eigenvalue weighted by atomic mass is 14.9. The van der Waals surface area contributed by atoms with Crippen LogP contribution in [0.4, 0.5) is 0 Å². The van der Waals surface area contributed by atoms with Crippen LogP contribution in [0.3, 0.4) is 0 Å². The molecular weight excluding hydrogens is 160 g/mol. The van der Waals surface area contributed by atoms with E-state index in [0.717, 1.165) is 25.6 Å². The molecule has 0 aromatic heterocycles. The Morgan fingerprint density at radius 2 is 1.62 bits per heavy atom. The molecule has 0 heterocycles. The molecule has 0 amide bonds. The van der Waals surface area contributed by atoms with E-state index in [-0.39, 0.29) is 0 Å². The fourth-order valence-electron chi connectivity index (χ4n) is 1.42. The third kappa shape index (κ3) is 9.84. The lowest BCUT2D eigenvalue weighted by Crippen LogP contribution is -2.30. The van der Waals surface area contributed by atoms with Crippen molar-refractivity contribution in [2.75, 3.05) is 26.2 Å². The fraction of sp³-hybridized carbons (Fsp3) is 1.00. The molecule has 0 saturated heterocycles. The van der Waals surface area contributed by atoms with Gasteiger partial charge in [0.05, 0.1) is 0 Å². The minimum absolute atomic E-state index is 0.830. The standard InChI is InChI=1S/C11H26N2/c1-4-6-11(3)10-13-9-8-12-7-5-2/h11-13H,4-10H2,1-3H3. The molecule has 0 aliphatic rings. The van der Waals surface area contributed by atoms with Crippen LogP contribution >= 0.6 is 0 Å². The van der Waals surface area contributed by atoms with E-state index in [1.807, 2.05) is 0 Å². The quantitative estimate of drug-likeness (QED) is 0.538. The smallest absolute Gasteiger partial charge is 0.00768 e. The zero-order valence-electron chi connectivity index (χ0n) is 9.53. The predicted octanol–water partition coefficient (Wildman–Crippen LogP) is 2.01. The molecule has 13 heavy (non-hydrogen) atoms. The maximum atomic E-state index is 3.47. The van der Waals surface area contributed by atoms with Gasteiger partial charge >= 0.3 is 0 Å². The lowest BCUT2D eigenvalue weighted by Gasteiger charge is -2.11. The van der Waals surface area contributed by atoms with Gasteiger partial charge in [0.15, 0.2) is 0 Å². The Kier molecular flexibility index (Phi) is 9.94. The first kappa shape index (κ1) is 12.9. The molecule has 0 radical (unpaired) electrons. The molecule has 0 fully saturated rings. The summed E-state index contributed by atoms with van der Waals surface area (Å²) in [6.07, 6.45) is 3.87. The highest BCUT2D eigenvalue weighted by molar-refractivity contribution is 4.57. The molecule has 0 rings (SSSR count). The van der Waals surface area contributed by atoms with E-state index in [2.05, 4.69) is 31.4 Å². The summed E-state index contributed by atoms with van der Waals surface area (Å²) >= 11 is 0. The first-order valence-electron chi connectivity index (χ1n) is 5.72. The van der Waals surface area contributed by atoms with E-state index in [1.165, 1.54) is 25.8 Å². The summed E-state index contributed by atoms with van der Waals surface area (Å²) in [6.45, 7) is 11.3. The Hall–Kier alpha value is -0.0800. The molecule has 0 bridgehead atoms. The summed E-state index contributed by atoms with van der Waals surface area (Å²) in [6, 6.07) is 0. The van der Waals surface area contributed by atoms with Crippen LogP contribution in [0.5, 0.6) is 0 Å². The van der Waals surface area contributed by atoms with Crippen LogP contribution in [0.1, 0.15) is 40.0 Å². The Balaban J connectivity index is 2.97. The van der Waals surface area contributed by atoms with Gasteiger partial charge in [-0.05, 0) is 31.8 Å². The predicted molar refractivity (Wildman–Crippen MR) is 60.1 cm³/mol. The molecule has 1 unspecified atom stereocenters. The Morgan fingerprint density at radius 1 is 0.923 bits per heavy atom. The van der Waals surface area contributed by atoms with Gasteiger partial charge in [-0.2, -0.15) is 0 Å². The van der Waals surface area contributed by atoms with Gasteiger partial charge in [-0.1, -0.05) is 27.2 Å². The fourth-order valence-corrected chi connectivity index (χ4v) is 1.42. The van der Waals surface area contributed by atoms with Gasteiger partial charge in [-0.25, -0.2) is 0 Å². The lowest BCUT2D eigenvalue weighted by molar-refractivity contribution is 0.471. The number of rotatable bonds is 9. The van der Waals surface area contributed by atoms with Crippen molar-refractivity contribution in [1.29, 1.82) is 0 Å². The zero-order valence-corrected chi connectivity index (χ0v) is 9.53. The van der Waals surface area contributed by atoms with Gasteiger partial charge in [0.2, 0.25) is 0 Å². The van der Waals surface area contributed by atoms with Crippen molar-refractivity contribution in [3.63, 3.8) is 0 Å². The summed E-state index contributed by atoms with van der Waals surface area (Å²) in [7, 11) is 0. The van der Waals surface area contributed by atoms with Gasteiger partial charge in [0.1, 0.15) is 0 Å². The summed E-state index contributed by atoms with van der Waals surface area (Å²) in [5, 5.41) is 6.84. The van der Waals surface area contributed by atoms with Crippen molar-refractivity contribution in [2.24, 2.45) is 5.92 Å². The second-order valence-electron chi connectivity index (χ2n) is 3.85. The topological polar surface area (TPSA) is 24.1 Å². The lowest BCUT2D eigenvalue weighted by atomic mass is 10.1. The van der Waals surface area contributed by atoms with E-state index in [9.17, 15) is 0 Å². The van der Waals surface area contributed by atoms with E-state index in [1.54, 1.807) is 0 Å². The summed E-state index contributed by atoms with van der Waals surface area (Å²) in [4.78, 5) is 0. The van der Waals surface area contributed by atoms with Crippen molar-refractivity contribution in [1.82, 2.24) is 10.6 Å². The highest BCUT2D eigenvalue weighted by Crippen LogP contribution is 2.01. The Bertz CT molecular complexity index is 94.1. The molecule has 0 aliphatic carbocycles. The Labute approximate surface area is 83.5 Å². The molecule has 0 aromatic rings. The summed E-state index contributed by atoms with van der Waals surface area (Å²) in [5.74, 6) is 0.830. The van der Waals surface area contributed by atoms with Gasteiger partial charge < -0.3 is 10.6 Å². The van der Waals surface area contributed by atoms with E-state index in [4.69, 9.17) is 0 Å². The number of hydrogen-bond acceptors (Lipinski definition) is 2. The highest BCUT2D eigenvalue weighted by Gasteiger charge is 1.98. The van der Waals surface area contributed by atoms with Gasteiger partial charge in [-0.15, -0.1) is 0 Å². The molecule has 2 nitrogen and oxygen atoms in total. The van der Waals surface area contributed by atoms with Crippen LogP contribution in [0.2, 0.25) is 0 Å². The van der Waals surface area contributed by atoms with E-state index in [0.29, 0.717) is 0 Å². The SMILES string of the molecule is CCCNCCNCC(C)CCC. The molecule has 2 heteroatoms. The normalized spacial score (nSPS) is 13.2. The largest absolute Gasteiger partial charge is 0.315 e. The van der Waals surface area contributed by atoms with Crippen LogP contribution in [0.25, 0.3) is 0 Å². The Morgan fingerprint density at radius 3 is 2.23 bits per heavy atom. The summed E-state index contributed by atoms with van der Waals surface area (Å²) < 4.78 is 0. The van der Waals surface area contributed by atoms with Crippen LogP contribution in [-0.2, 0) is 0 Å². The molecule has 0 saturated carbocycles. The number of nitrogens with one attached hydrogen (secondary N) is 2. The second-order valence-corrected chi connectivity index (χ2v) is 3.85. The molecule has 0 spiro atoms. The van der Waals surface area contributed by atoms with E-state index < -0.39 is 0 Å². The van der Waals surface area contributed by atoms with Crippen LogP contribution in [0, 0.1) is 5.92 Å². The van der Waals surface area contributed by atoms with Crippen molar-refractivity contribution in [2.45, 2.75) is 40.0 Å². The second kappa shape index (κ2) is 10.0. The van der Waals surface area contributed by atoms with Crippen molar-refractivity contribution < 1.29 is 0 Å². The molecule has 1 atom stereocenters. The van der Waals surface area contributed by atoms with Gasteiger partial charge in [-0.3, -0.25) is 0 Å². The van der Waals surface area contributed by atoms with E-state index >= 15 is 0 Å². The minimum Gasteiger partial charge on any atom is -0.315 e. The summed E-state index contributed by atoms with van der Waals surface area (Å²) in [5.41, 5.74) is 0. The molecular formula is C11H26N2. The molecule has 0 aliphatic heterocycles. The third-order valence-corrected chi connectivity index (χ3v) is 2.18. The van der Waals surface area contributed by atoms with Crippen LogP contribution < -0.4 is 10.6 Å².